The van der Waals surface area contributed by atoms with Crippen LogP contribution in [0.25, 0.3) is 0 Å². The summed E-state index contributed by atoms with van der Waals surface area (Å²) in [5.41, 5.74) is 2.08. The Hall–Kier alpha value is -2.58. The summed E-state index contributed by atoms with van der Waals surface area (Å²) >= 11 is 6.21. The van der Waals surface area contributed by atoms with Crippen LogP contribution in [0.3, 0.4) is 0 Å². The van der Waals surface area contributed by atoms with E-state index in [1.807, 2.05) is 51.1 Å². The molecule has 0 spiro atoms. The molecule has 0 aliphatic heterocycles. The Morgan fingerprint density at radius 2 is 1.71 bits per heavy atom. The molecule has 1 atom stereocenters. The monoisotopic (exact) mass is 521 g/mol. The maximum absolute atomic E-state index is 13.4. The number of amides is 2. The number of rotatable bonds is 12. The van der Waals surface area contributed by atoms with E-state index in [4.69, 9.17) is 11.6 Å². The predicted molar refractivity (Wildman–Crippen MR) is 142 cm³/mol. The van der Waals surface area contributed by atoms with Crippen LogP contribution < -0.4 is 9.62 Å². The molecule has 0 saturated heterocycles. The second kappa shape index (κ2) is 12.9. The Morgan fingerprint density at radius 3 is 2.29 bits per heavy atom. The summed E-state index contributed by atoms with van der Waals surface area (Å²) in [6.07, 6.45) is 2.00. The van der Waals surface area contributed by atoms with Crippen LogP contribution in [-0.4, -0.2) is 50.0 Å². The minimum Gasteiger partial charge on any atom is -0.352 e. The normalized spacial score (nSPS) is 12.3. The number of hydrogen-bond acceptors (Lipinski definition) is 4. The number of hydrogen-bond donors (Lipinski definition) is 1. The van der Waals surface area contributed by atoms with E-state index in [0.29, 0.717) is 35.7 Å². The van der Waals surface area contributed by atoms with Crippen LogP contribution in [0.5, 0.6) is 0 Å². The van der Waals surface area contributed by atoms with Crippen molar-refractivity contribution in [3.05, 3.63) is 64.7 Å². The van der Waals surface area contributed by atoms with Gasteiger partial charge in [0.15, 0.2) is 0 Å². The van der Waals surface area contributed by atoms with Crippen molar-refractivity contribution in [1.29, 1.82) is 0 Å². The highest BCUT2D eigenvalue weighted by Crippen LogP contribution is 2.28. The van der Waals surface area contributed by atoms with Crippen molar-refractivity contribution in [1.82, 2.24) is 10.2 Å². The average Bonchev–Trinajstić information content (AvgIpc) is 2.78. The molecule has 0 fully saturated rings. The molecule has 0 aliphatic rings. The number of carbonyl (C=O) groups is 2. The van der Waals surface area contributed by atoms with E-state index in [2.05, 4.69) is 5.32 Å². The third-order valence-corrected chi connectivity index (χ3v) is 7.26. The molecule has 2 rings (SSSR count). The molecule has 192 valence electrons. The molecule has 9 heteroatoms. The molecule has 7 nitrogen and oxygen atoms in total. The van der Waals surface area contributed by atoms with E-state index in [-0.39, 0.29) is 30.8 Å². The molecule has 2 amide bonds. The van der Waals surface area contributed by atoms with Gasteiger partial charge < -0.3 is 10.2 Å². The van der Waals surface area contributed by atoms with Gasteiger partial charge in [0.05, 0.1) is 11.9 Å². The Bertz CT molecular complexity index is 1110. The maximum Gasteiger partial charge on any atom is 0.243 e. The first-order chi connectivity index (χ1) is 16.5. The van der Waals surface area contributed by atoms with E-state index >= 15 is 0 Å². The zero-order valence-electron chi connectivity index (χ0n) is 21.1. The molecule has 1 N–H and O–H groups in total. The molecule has 0 aliphatic carbocycles. The fourth-order valence-electron chi connectivity index (χ4n) is 3.93. The minimum absolute atomic E-state index is 0.0468. The van der Waals surface area contributed by atoms with Crippen molar-refractivity contribution in [3.63, 3.8) is 0 Å². The fraction of sp³-hybridized carbons (Fsp3) is 0.462. The average molecular weight is 522 g/mol. The lowest BCUT2D eigenvalue weighted by molar-refractivity contribution is -0.141. The molecule has 35 heavy (non-hydrogen) atoms. The second-order valence-electron chi connectivity index (χ2n) is 8.92. The predicted octanol–water partition coefficient (Wildman–Crippen LogP) is 4.53. The summed E-state index contributed by atoms with van der Waals surface area (Å²) in [6.45, 7) is 7.83. The van der Waals surface area contributed by atoms with Gasteiger partial charge in [-0.05, 0) is 56.9 Å². The zero-order valence-corrected chi connectivity index (χ0v) is 22.7. The number of sulfonamides is 1. The van der Waals surface area contributed by atoms with Gasteiger partial charge in [-0.1, -0.05) is 54.9 Å². The highest BCUT2D eigenvalue weighted by atomic mass is 35.5. The number of anilines is 1. The summed E-state index contributed by atoms with van der Waals surface area (Å²) in [6, 6.07) is 14.0. The summed E-state index contributed by atoms with van der Waals surface area (Å²) in [5, 5.41) is 3.38. The quantitative estimate of drug-likeness (QED) is 0.444. The highest BCUT2D eigenvalue weighted by molar-refractivity contribution is 7.92. The second-order valence-corrected chi connectivity index (χ2v) is 11.2. The van der Waals surface area contributed by atoms with E-state index in [1.165, 1.54) is 4.31 Å². The first-order valence-electron chi connectivity index (χ1n) is 11.8. The van der Waals surface area contributed by atoms with Crippen molar-refractivity contribution in [2.24, 2.45) is 0 Å². The topological polar surface area (TPSA) is 86.8 Å². The summed E-state index contributed by atoms with van der Waals surface area (Å²) in [5.74, 6) is -0.394. The van der Waals surface area contributed by atoms with E-state index in [9.17, 15) is 18.0 Å². The van der Waals surface area contributed by atoms with Crippen molar-refractivity contribution in [2.45, 2.75) is 65.6 Å². The zero-order chi connectivity index (χ0) is 26.2. The number of nitrogens with one attached hydrogen (secondary N) is 1. The smallest absolute Gasteiger partial charge is 0.243 e. The molecular formula is C26H36ClN3O4S. The molecule has 2 aromatic rings. The van der Waals surface area contributed by atoms with E-state index in [1.54, 1.807) is 30.0 Å². The number of halogens is 1. The fourth-order valence-corrected chi connectivity index (χ4v) is 5.11. The Kier molecular flexibility index (Phi) is 10.6. The third-order valence-electron chi connectivity index (χ3n) is 5.67. The van der Waals surface area contributed by atoms with Crippen molar-refractivity contribution in [3.8, 4) is 0 Å². The number of nitrogens with zero attached hydrogens (tertiary/aromatic N) is 2. The van der Waals surface area contributed by atoms with Crippen LogP contribution in [0.2, 0.25) is 5.02 Å². The van der Waals surface area contributed by atoms with Gasteiger partial charge >= 0.3 is 0 Å². The summed E-state index contributed by atoms with van der Waals surface area (Å²) in [7, 11) is -3.59. The first-order valence-corrected chi connectivity index (χ1v) is 14.0. The van der Waals surface area contributed by atoms with Crippen LogP contribution in [0.15, 0.2) is 48.5 Å². The van der Waals surface area contributed by atoms with Crippen LogP contribution in [0, 0.1) is 6.92 Å². The number of carbonyl (C=O) groups excluding carboxylic acids is 2. The largest absolute Gasteiger partial charge is 0.352 e. The molecule has 0 radical (unpaired) electrons. The molecule has 0 unspecified atom stereocenters. The maximum atomic E-state index is 13.4. The van der Waals surface area contributed by atoms with E-state index < -0.39 is 16.1 Å². The van der Waals surface area contributed by atoms with Gasteiger partial charge in [0, 0.05) is 30.6 Å². The molecule has 2 aromatic carbocycles. The van der Waals surface area contributed by atoms with Gasteiger partial charge in [-0.2, -0.15) is 0 Å². The van der Waals surface area contributed by atoms with Crippen molar-refractivity contribution in [2.75, 3.05) is 17.1 Å². The lowest BCUT2D eigenvalue weighted by atomic mass is 10.1. The standard InChI is InChI=1S/C26H36ClN3O4S/c1-6-23(26(32)28-19(2)3)29(18-21-12-8-7-9-13-21)25(31)16-11-17-30(35(5,33)34)24-15-10-14-22(27)20(24)4/h7-10,12-15,19,23H,6,11,16-18H2,1-5H3,(H,28,32)/t23-/m1/s1. The van der Waals surface area contributed by atoms with Crippen LogP contribution in [0.4, 0.5) is 5.69 Å². The van der Waals surface area contributed by atoms with Crippen LogP contribution in [0.1, 0.15) is 51.2 Å². The summed E-state index contributed by atoms with van der Waals surface area (Å²) in [4.78, 5) is 27.9. The Labute approximate surface area is 214 Å². The Morgan fingerprint density at radius 1 is 1.06 bits per heavy atom. The van der Waals surface area contributed by atoms with Crippen molar-refractivity contribution < 1.29 is 18.0 Å². The van der Waals surface area contributed by atoms with E-state index in [0.717, 1.165) is 11.8 Å². The lowest BCUT2D eigenvalue weighted by Crippen LogP contribution is -2.50. The van der Waals surface area contributed by atoms with Gasteiger partial charge in [-0.25, -0.2) is 8.42 Å². The summed E-state index contributed by atoms with van der Waals surface area (Å²) < 4.78 is 26.3. The number of benzene rings is 2. The van der Waals surface area contributed by atoms with Gasteiger partial charge in [-0.3, -0.25) is 13.9 Å². The first kappa shape index (κ1) is 28.7. The molecule has 0 bridgehead atoms. The van der Waals surface area contributed by atoms with Gasteiger partial charge in [0.25, 0.3) is 0 Å². The Balaban J connectivity index is 2.22. The minimum atomic E-state index is -3.59. The van der Waals surface area contributed by atoms with Gasteiger partial charge in [-0.15, -0.1) is 0 Å². The SMILES string of the molecule is CC[C@H](C(=O)NC(C)C)N(Cc1ccccc1)C(=O)CCCN(c1cccc(Cl)c1C)S(C)(=O)=O. The molecule has 0 aromatic heterocycles. The molecule has 0 heterocycles. The van der Waals surface area contributed by atoms with Crippen molar-refractivity contribution >= 4 is 39.1 Å². The lowest BCUT2D eigenvalue weighted by Gasteiger charge is -2.31. The van der Waals surface area contributed by atoms with Crippen LogP contribution in [-0.2, 0) is 26.2 Å². The highest BCUT2D eigenvalue weighted by Gasteiger charge is 2.29. The molecular weight excluding hydrogens is 486 g/mol. The van der Waals surface area contributed by atoms with Gasteiger partial charge in [0.1, 0.15) is 6.04 Å². The van der Waals surface area contributed by atoms with Gasteiger partial charge in [0.2, 0.25) is 21.8 Å². The third kappa shape index (κ3) is 8.25. The van der Waals surface area contributed by atoms with Crippen LogP contribution >= 0.6 is 11.6 Å². The molecule has 0 saturated carbocycles.